The molecule has 1 saturated heterocycles. The van der Waals surface area contributed by atoms with Crippen LogP contribution in [0.1, 0.15) is 0 Å². The summed E-state index contributed by atoms with van der Waals surface area (Å²) in [5.41, 5.74) is -0.128. The van der Waals surface area contributed by atoms with Crippen molar-refractivity contribution in [3.05, 3.63) is 34.4 Å². The second-order valence-electron chi connectivity index (χ2n) is 4.80. The SMILES string of the molecule is O=[N+]([O-])c1ccc(OS(=O)(=O)NC2C3COCC32)cc1. The first-order valence-electron chi connectivity index (χ1n) is 6.00. The molecule has 8 nitrogen and oxygen atoms in total. The molecule has 1 aliphatic heterocycles. The van der Waals surface area contributed by atoms with Crippen LogP contribution in [-0.2, 0) is 15.0 Å². The van der Waals surface area contributed by atoms with Gasteiger partial charge in [-0.05, 0) is 12.1 Å². The van der Waals surface area contributed by atoms with Crippen LogP contribution in [0.2, 0.25) is 0 Å². The molecule has 108 valence electrons. The average Bonchev–Trinajstić information content (AvgIpc) is 2.83. The third kappa shape index (κ3) is 2.60. The Morgan fingerprint density at radius 2 is 1.85 bits per heavy atom. The minimum absolute atomic E-state index is 0.0326. The maximum absolute atomic E-state index is 11.8. The van der Waals surface area contributed by atoms with Gasteiger partial charge in [0, 0.05) is 30.0 Å². The second-order valence-corrected chi connectivity index (χ2v) is 6.11. The van der Waals surface area contributed by atoms with Gasteiger partial charge in [-0.3, -0.25) is 10.1 Å². The molecule has 3 rings (SSSR count). The van der Waals surface area contributed by atoms with Crippen molar-refractivity contribution in [1.82, 2.24) is 4.72 Å². The number of non-ortho nitro benzene ring substituents is 1. The van der Waals surface area contributed by atoms with Crippen LogP contribution in [0, 0.1) is 22.0 Å². The normalized spacial score (nSPS) is 27.9. The summed E-state index contributed by atoms with van der Waals surface area (Å²) in [5.74, 6) is 0.487. The molecule has 0 radical (unpaired) electrons. The zero-order chi connectivity index (χ0) is 14.3. The molecule has 2 fully saturated rings. The fourth-order valence-electron chi connectivity index (χ4n) is 2.36. The first kappa shape index (κ1) is 13.3. The van der Waals surface area contributed by atoms with Gasteiger partial charge in [0.15, 0.2) is 0 Å². The molecule has 2 atom stereocenters. The van der Waals surface area contributed by atoms with E-state index < -0.39 is 15.2 Å². The molecule has 1 aromatic carbocycles. The Kier molecular flexibility index (Phi) is 3.11. The van der Waals surface area contributed by atoms with E-state index in [1.165, 1.54) is 24.3 Å². The molecule has 0 amide bonds. The monoisotopic (exact) mass is 300 g/mol. The third-order valence-corrected chi connectivity index (χ3v) is 4.46. The van der Waals surface area contributed by atoms with E-state index in [0.29, 0.717) is 13.2 Å². The van der Waals surface area contributed by atoms with Gasteiger partial charge in [0.2, 0.25) is 0 Å². The van der Waals surface area contributed by atoms with Crippen LogP contribution in [0.3, 0.4) is 0 Å². The number of hydrogen-bond donors (Lipinski definition) is 1. The molecule has 9 heteroatoms. The van der Waals surface area contributed by atoms with Crippen molar-refractivity contribution in [2.45, 2.75) is 6.04 Å². The summed E-state index contributed by atoms with van der Waals surface area (Å²) in [6.45, 7) is 1.13. The number of nitrogens with zero attached hydrogens (tertiary/aromatic N) is 1. The van der Waals surface area contributed by atoms with E-state index in [1.807, 2.05) is 0 Å². The molecule has 1 saturated carbocycles. The summed E-state index contributed by atoms with van der Waals surface area (Å²) in [7, 11) is -3.92. The number of rotatable bonds is 5. The maximum atomic E-state index is 11.8. The van der Waals surface area contributed by atoms with Crippen LogP contribution < -0.4 is 8.91 Å². The number of nitro benzene ring substituents is 1. The van der Waals surface area contributed by atoms with E-state index in [1.54, 1.807) is 0 Å². The highest BCUT2D eigenvalue weighted by atomic mass is 32.2. The standard InChI is InChI=1S/C11H12N2O6S/c14-13(15)7-1-3-8(4-2-7)19-20(16,17)12-11-9-5-18-6-10(9)11/h1-4,9-12H,5-6H2. The van der Waals surface area contributed by atoms with E-state index in [9.17, 15) is 18.5 Å². The van der Waals surface area contributed by atoms with Crippen molar-refractivity contribution in [2.75, 3.05) is 13.2 Å². The van der Waals surface area contributed by atoms with Gasteiger partial charge < -0.3 is 8.92 Å². The van der Waals surface area contributed by atoms with Crippen LogP contribution in [0.15, 0.2) is 24.3 Å². The van der Waals surface area contributed by atoms with Crippen LogP contribution in [0.25, 0.3) is 0 Å². The molecule has 1 N–H and O–H groups in total. The van der Waals surface area contributed by atoms with Gasteiger partial charge in [0.1, 0.15) is 5.75 Å². The van der Waals surface area contributed by atoms with E-state index >= 15 is 0 Å². The molecule has 2 unspecified atom stereocenters. The van der Waals surface area contributed by atoms with Gasteiger partial charge in [0.25, 0.3) is 5.69 Å². The van der Waals surface area contributed by atoms with Crippen LogP contribution >= 0.6 is 0 Å². The van der Waals surface area contributed by atoms with Crippen molar-refractivity contribution >= 4 is 16.0 Å². The first-order valence-corrected chi connectivity index (χ1v) is 7.41. The highest BCUT2D eigenvalue weighted by molar-refractivity contribution is 7.85. The molecule has 1 aliphatic carbocycles. The van der Waals surface area contributed by atoms with Crippen LogP contribution in [-0.4, -0.2) is 32.6 Å². The molecule has 2 aliphatic rings. The second kappa shape index (κ2) is 4.69. The molecule has 0 aromatic heterocycles. The van der Waals surface area contributed by atoms with Crippen molar-refractivity contribution in [2.24, 2.45) is 11.8 Å². The van der Waals surface area contributed by atoms with Gasteiger partial charge in [-0.2, -0.15) is 13.1 Å². The minimum Gasteiger partial charge on any atom is -0.381 e. The lowest BCUT2D eigenvalue weighted by molar-refractivity contribution is -0.384. The summed E-state index contributed by atoms with van der Waals surface area (Å²) in [6, 6.07) is 4.73. The average molecular weight is 300 g/mol. The van der Waals surface area contributed by atoms with Crippen molar-refractivity contribution in [3.63, 3.8) is 0 Å². The molecule has 1 aromatic rings. The Labute approximate surface area is 115 Å². The zero-order valence-corrected chi connectivity index (χ0v) is 11.1. The van der Waals surface area contributed by atoms with E-state index in [-0.39, 0.29) is 29.3 Å². The Morgan fingerprint density at radius 3 is 2.40 bits per heavy atom. The lowest BCUT2D eigenvalue weighted by Crippen LogP contribution is -2.33. The smallest absolute Gasteiger partial charge is 0.381 e. The van der Waals surface area contributed by atoms with Crippen LogP contribution in [0.4, 0.5) is 5.69 Å². The highest BCUT2D eigenvalue weighted by Gasteiger charge is 2.55. The molecular formula is C11H12N2O6S. The Morgan fingerprint density at radius 1 is 1.25 bits per heavy atom. The molecule has 0 spiro atoms. The number of nitro groups is 1. The molecule has 20 heavy (non-hydrogen) atoms. The van der Waals surface area contributed by atoms with Gasteiger partial charge in [-0.25, -0.2) is 0 Å². The highest BCUT2D eigenvalue weighted by Crippen LogP contribution is 2.44. The lowest BCUT2D eigenvalue weighted by Gasteiger charge is -2.09. The Bertz CT molecular complexity index is 619. The molecule has 0 bridgehead atoms. The first-order chi connectivity index (χ1) is 9.46. The van der Waals surface area contributed by atoms with Gasteiger partial charge in [0.05, 0.1) is 18.1 Å². The summed E-state index contributed by atoms with van der Waals surface area (Å²) >= 11 is 0. The summed E-state index contributed by atoms with van der Waals surface area (Å²) in [6.07, 6.45) is 0. The minimum atomic E-state index is -3.92. The Balaban J connectivity index is 1.62. The predicted molar refractivity (Wildman–Crippen MR) is 67.4 cm³/mol. The Hall–Kier alpha value is -1.71. The fourth-order valence-corrected chi connectivity index (χ4v) is 3.45. The number of fused-ring (bicyclic) bond motifs is 1. The number of benzene rings is 1. The third-order valence-electron chi connectivity index (χ3n) is 3.49. The molecule has 1 heterocycles. The van der Waals surface area contributed by atoms with Crippen molar-refractivity contribution in [3.8, 4) is 5.75 Å². The van der Waals surface area contributed by atoms with Crippen LogP contribution in [0.5, 0.6) is 5.75 Å². The van der Waals surface area contributed by atoms with Gasteiger partial charge in [-0.15, -0.1) is 0 Å². The van der Waals surface area contributed by atoms with Gasteiger partial charge in [-0.1, -0.05) is 0 Å². The van der Waals surface area contributed by atoms with Crippen molar-refractivity contribution < 1.29 is 22.3 Å². The topological polar surface area (TPSA) is 108 Å². The lowest BCUT2D eigenvalue weighted by atomic mass is 10.3. The van der Waals surface area contributed by atoms with E-state index in [2.05, 4.69) is 4.72 Å². The number of hydrogen-bond acceptors (Lipinski definition) is 6. The van der Waals surface area contributed by atoms with E-state index in [0.717, 1.165) is 0 Å². The number of ether oxygens (including phenoxy) is 1. The van der Waals surface area contributed by atoms with Crippen molar-refractivity contribution in [1.29, 1.82) is 0 Å². The fraction of sp³-hybridized carbons (Fsp3) is 0.455. The van der Waals surface area contributed by atoms with E-state index in [4.69, 9.17) is 8.92 Å². The zero-order valence-electron chi connectivity index (χ0n) is 10.3. The molecular weight excluding hydrogens is 288 g/mol. The summed E-state index contributed by atoms with van der Waals surface area (Å²) < 4.78 is 36.1. The predicted octanol–water partition coefficient (Wildman–Crippen LogP) is 0.453. The maximum Gasteiger partial charge on any atom is 0.382 e. The number of nitrogens with one attached hydrogen (secondary N) is 1. The van der Waals surface area contributed by atoms with Gasteiger partial charge >= 0.3 is 10.3 Å². The summed E-state index contributed by atoms with van der Waals surface area (Å²) in [5, 5.41) is 10.5. The quantitative estimate of drug-likeness (QED) is 0.625. The summed E-state index contributed by atoms with van der Waals surface area (Å²) in [4.78, 5) is 9.92. The largest absolute Gasteiger partial charge is 0.382 e.